The molecule has 0 unspecified atom stereocenters. The lowest BCUT2D eigenvalue weighted by atomic mass is 10.1. The van der Waals surface area contributed by atoms with Crippen molar-refractivity contribution in [2.45, 2.75) is 6.61 Å². The van der Waals surface area contributed by atoms with Crippen LogP contribution in [-0.4, -0.2) is 30.0 Å². The molecule has 0 aromatic heterocycles. The third-order valence-electron chi connectivity index (χ3n) is 5.03. The number of aromatic carboxylic acids is 1. The average molecular weight is 523 g/mol. The van der Waals surface area contributed by atoms with E-state index in [0.717, 1.165) is 0 Å². The normalized spacial score (nSPS) is 14.3. The number of nitrogens with zero attached hydrogens (tertiary/aromatic N) is 1. The number of carboxylic acid groups (broad SMARTS) is 1. The smallest absolute Gasteiger partial charge is 0.335 e. The van der Waals surface area contributed by atoms with Crippen molar-refractivity contribution in [3.05, 3.63) is 93.5 Å². The van der Waals surface area contributed by atoms with E-state index in [1.165, 1.54) is 30.3 Å². The average Bonchev–Trinajstić information content (AvgIpc) is 3.12. The number of benzene rings is 3. The first-order chi connectivity index (χ1) is 16.4. The van der Waals surface area contributed by atoms with Crippen LogP contribution < -0.4 is 19.9 Å². The summed E-state index contributed by atoms with van der Waals surface area (Å²) in [6, 6.07) is 18.5. The number of amides is 2. The minimum atomic E-state index is -1.04. The Balaban J connectivity index is 1.68. The van der Waals surface area contributed by atoms with Crippen molar-refractivity contribution in [1.29, 1.82) is 0 Å². The minimum absolute atomic E-state index is 0.0472. The molecule has 1 aliphatic rings. The fraction of sp³-hybridized carbons (Fsp3) is 0.0800. The van der Waals surface area contributed by atoms with Gasteiger partial charge in [0.2, 0.25) is 0 Å². The summed E-state index contributed by atoms with van der Waals surface area (Å²) in [7, 11) is 1.47. The van der Waals surface area contributed by atoms with Crippen molar-refractivity contribution in [1.82, 2.24) is 5.43 Å². The van der Waals surface area contributed by atoms with Gasteiger partial charge in [-0.05, 0) is 48.0 Å². The van der Waals surface area contributed by atoms with E-state index in [1.54, 1.807) is 48.5 Å². The molecule has 0 atom stereocenters. The Morgan fingerprint density at radius 3 is 2.56 bits per heavy atom. The molecule has 0 bridgehead atoms. The Hall–Kier alpha value is -4.11. The molecule has 1 fully saturated rings. The number of anilines is 1. The Morgan fingerprint density at radius 2 is 1.85 bits per heavy atom. The second kappa shape index (κ2) is 9.80. The van der Waals surface area contributed by atoms with E-state index in [9.17, 15) is 19.5 Å². The zero-order chi connectivity index (χ0) is 24.2. The van der Waals surface area contributed by atoms with Crippen LogP contribution in [0.25, 0.3) is 6.08 Å². The number of hydrazine groups is 1. The van der Waals surface area contributed by atoms with Crippen molar-refractivity contribution in [3.63, 3.8) is 0 Å². The van der Waals surface area contributed by atoms with E-state index in [4.69, 9.17) is 9.47 Å². The molecule has 172 valence electrons. The SMILES string of the molecule is COc1cc(Br)cc(/C=C2/C(=O)NN(c3ccccc3)C2=O)c1OCc1cccc(C(=O)O)c1. The third-order valence-corrected chi connectivity index (χ3v) is 5.49. The first-order valence-electron chi connectivity index (χ1n) is 10.1. The van der Waals surface area contributed by atoms with Gasteiger partial charge < -0.3 is 14.6 Å². The number of carboxylic acids is 1. The zero-order valence-corrected chi connectivity index (χ0v) is 19.5. The van der Waals surface area contributed by atoms with E-state index in [-0.39, 0.29) is 17.7 Å². The van der Waals surface area contributed by atoms with Crippen LogP contribution in [0.4, 0.5) is 5.69 Å². The number of carbonyl (C=O) groups is 3. The van der Waals surface area contributed by atoms with Crippen LogP contribution in [0, 0.1) is 0 Å². The second-order valence-electron chi connectivity index (χ2n) is 7.30. The molecule has 0 aliphatic carbocycles. The maximum absolute atomic E-state index is 13.0. The van der Waals surface area contributed by atoms with Gasteiger partial charge in [-0.3, -0.25) is 15.0 Å². The zero-order valence-electron chi connectivity index (χ0n) is 17.9. The fourth-order valence-electron chi connectivity index (χ4n) is 3.42. The number of rotatable bonds is 7. The van der Waals surface area contributed by atoms with Crippen LogP contribution in [-0.2, 0) is 16.2 Å². The highest BCUT2D eigenvalue weighted by atomic mass is 79.9. The van der Waals surface area contributed by atoms with E-state index < -0.39 is 17.8 Å². The second-order valence-corrected chi connectivity index (χ2v) is 8.21. The fourth-order valence-corrected chi connectivity index (χ4v) is 3.88. The van der Waals surface area contributed by atoms with Crippen molar-refractivity contribution in [2.24, 2.45) is 0 Å². The summed E-state index contributed by atoms with van der Waals surface area (Å²) in [4.78, 5) is 36.9. The van der Waals surface area contributed by atoms with Crippen LogP contribution in [0.1, 0.15) is 21.5 Å². The number of nitrogens with one attached hydrogen (secondary N) is 1. The van der Waals surface area contributed by atoms with Gasteiger partial charge in [0.1, 0.15) is 12.2 Å². The third kappa shape index (κ3) is 4.79. The molecule has 0 radical (unpaired) electrons. The highest BCUT2D eigenvalue weighted by Crippen LogP contribution is 2.37. The standard InChI is InChI=1S/C25H19BrN2O6/c1-33-21-13-18(26)11-17(22(21)34-14-15-6-5-7-16(10-15)25(31)32)12-20-23(29)27-28(24(20)30)19-8-3-2-4-9-19/h2-13H,14H2,1H3,(H,27,29)(H,31,32)/b20-12-. The Kier molecular flexibility index (Phi) is 6.65. The van der Waals surface area contributed by atoms with E-state index >= 15 is 0 Å². The summed E-state index contributed by atoms with van der Waals surface area (Å²) in [6.07, 6.45) is 1.44. The summed E-state index contributed by atoms with van der Waals surface area (Å²) >= 11 is 3.41. The van der Waals surface area contributed by atoms with Gasteiger partial charge >= 0.3 is 5.97 Å². The molecule has 8 nitrogen and oxygen atoms in total. The molecular weight excluding hydrogens is 504 g/mol. The molecule has 1 saturated heterocycles. The molecule has 0 saturated carbocycles. The minimum Gasteiger partial charge on any atom is -0.493 e. The number of para-hydroxylation sites is 1. The molecule has 3 aromatic carbocycles. The molecule has 34 heavy (non-hydrogen) atoms. The van der Waals surface area contributed by atoms with Gasteiger partial charge in [-0.25, -0.2) is 9.80 Å². The van der Waals surface area contributed by atoms with Gasteiger partial charge in [0.05, 0.1) is 18.4 Å². The van der Waals surface area contributed by atoms with E-state index in [2.05, 4.69) is 21.4 Å². The van der Waals surface area contributed by atoms with E-state index in [0.29, 0.717) is 32.8 Å². The number of halogens is 1. The van der Waals surface area contributed by atoms with Gasteiger partial charge in [0, 0.05) is 10.0 Å². The van der Waals surface area contributed by atoms with Gasteiger partial charge in [0.15, 0.2) is 11.5 Å². The molecule has 3 aromatic rings. The Bertz CT molecular complexity index is 1310. The van der Waals surface area contributed by atoms with Crippen molar-refractivity contribution in [2.75, 3.05) is 12.1 Å². The predicted octanol–water partition coefficient (Wildman–Crippen LogP) is 4.20. The van der Waals surface area contributed by atoms with Crippen molar-refractivity contribution in [3.8, 4) is 11.5 Å². The highest BCUT2D eigenvalue weighted by molar-refractivity contribution is 9.10. The first-order valence-corrected chi connectivity index (χ1v) is 10.9. The van der Waals surface area contributed by atoms with Gasteiger partial charge in [-0.1, -0.05) is 46.3 Å². The lowest BCUT2D eigenvalue weighted by Crippen LogP contribution is -2.35. The Morgan fingerprint density at radius 1 is 1.09 bits per heavy atom. The lowest BCUT2D eigenvalue weighted by molar-refractivity contribution is -0.117. The van der Waals surface area contributed by atoms with Gasteiger partial charge in [-0.2, -0.15) is 0 Å². The highest BCUT2D eigenvalue weighted by Gasteiger charge is 2.34. The molecule has 2 amide bonds. The molecule has 4 rings (SSSR count). The number of hydrogen-bond donors (Lipinski definition) is 2. The quantitative estimate of drug-likeness (QED) is 0.356. The summed E-state index contributed by atoms with van der Waals surface area (Å²) < 4.78 is 12.1. The topological polar surface area (TPSA) is 105 Å². The monoisotopic (exact) mass is 522 g/mol. The lowest BCUT2D eigenvalue weighted by Gasteiger charge is -2.15. The first kappa shape index (κ1) is 23.1. The van der Waals surface area contributed by atoms with Crippen LogP contribution in [0.3, 0.4) is 0 Å². The van der Waals surface area contributed by atoms with Crippen LogP contribution >= 0.6 is 15.9 Å². The molecule has 9 heteroatoms. The summed E-state index contributed by atoms with van der Waals surface area (Å²) in [6.45, 7) is 0.0472. The van der Waals surface area contributed by atoms with Crippen LogP contribution in [0.2, 0.25) is 0 Å². The molecule has 1 aliphatic heterocycles. The number of ether oxygens (including phenoxy) is 2. The summed E-state index contributed by atoms with van der Waals surface area (Å²) in [5, 5.41) is 10.4. The van der Waals surface area contributed by atoms with Crippen molar-refractivity contribution >= 4 is 45.5 Å². The predicted molar refractivity (Wildman–Crippen MR) is 128 cm³/mol. The molecule has 0 spiro atoms. The molecular formula is C25H19BrN2O6. The summed E-state index contributed by atoms with van der Waals surface area (Å²) in [5.74, 6) is -1.41. The number of carbonyl (C=O) groups excluding carboxylic acids is 2. The molecule has 1 heterocycles. The summed E-state index contributed by atoms with van der Waals surface area (Å²) in [5.41, 5.74) is 4.24. The van der Waals surface area contributed by atoms with Crippen LogP contribution in [0.15, 0.2) is 76.8 Å². The van der Waals surface area contributed by atoms with Crippen LogP contribution in [0.5, 0.6) is 11.5 Å². The van der Waals surface area contributed by atoms with Gasteiger partial charge in [-0.15, -0.1) is 0 Å². The Labute approximate surface area is 203 Å². The maximum Gasteiger partial charge on any atom is 0.335 e. The number of methoxy groups -OCH3 is 1. The number of hydrogen-bond acceptors (Lipinski definition) is 5. The van der Waals surface area contributed by atoms with Crippen molar-refractivity contribution < 1.29 is 29.0 Å². The van der Waals surface area contributed by atoms with Gasteiger partial charge in [0.25, 0.3) is 11.8 Å². The largest absolute Gasteiger partial charge is 0.493 e. The van der Waals surface area contributed by atoms with E-state index in [1.807, 2.05) is 6.07 Å². The molecule has 2 N–H and O–H groups in total. The maximum atomic E-state index is 13.0.